The van der Waals surface area contributed by atoms with Crippen molar-refractivity contribution < 1.29 is 5.11 Å². The third-order valence-electron chi connectivity index (χ3n) is 4.81. The van der Waals surface area contributed by atoms with Crippen LogP contribution in [0.1, 0.15) is 29.5 Å². The topological polar surface area (TPSA) is 71.6 Å². The zero-order valence-corrected chi connectivity index (χ0v) is 18.2. The highest BCUT2D eigenvalue weighted by Gasteiger charge is 2.14. The maximum absolute atomic E-state index is 12.7. The van der Waals surface area contributed by atoms with Crippen LogP contribution in [0.3, 0.4) is 0 Å². The number of aliphatic hydroxyl groups excluding tert-OH is 1. The van der Waals surface area contributed by atoms with E-state index in [1.54, 1.807) is 0 Å². The van der Waals surface area contributed by atoms with Gasteiger partial charge in [-0.15, -0.1) is 0 Å². The first-order valence-electron chi connectivity index (χ1n) is 9.74. The summed E-state index contributed by atoms with van der Waals surface area (Å²) in [5.74, 6) is 0. The summed E-state index contributed by atoms with van der Waals surface area (Å²) >= 11 is 5.56. The van der Waals surface area contributed by atoms with Gasteiger partial charge in [-0.25, -0.2) is 0 Å². The highest BCUT2D eigenvalue weighted by atomic mass is 32.1. The van der Waals surface area contributed by atoms with Gasteiger partial charge in [0, 0.05) is 30.6 Å². The molecule has 0 spiro atoms. The van der Waals surface area contributed by atoms with Gasteiger partial charge in [-0.2, -0.15) is 0 Å². The molecular weight excluding hydrogens is 372 g/mol. The molecular formula is C21H32N4O2S. The van der Waals surface area contributed by atoms with Gasteiger partial charge in [0.05, 0.1) is 12.1 Å². The van der Waals surface area contributed by atoms with Crippen molar-refractivity contribution in [3.63, 3.8) is 0 Å². The van der Waals surface area contributed by atoms with Crippen molar-refractivity contribution in [2.75, 3.05) is 40.3 Å². The van der Waals surface area contributed by atoms with Gasteiger partial charge >= 0.3 is 0 Å². The number of thiocarbonyl (C=S) groups is 1. The van der Waals surface area contributed by atoms with Gasteiger partial charge in [-0.1, -0.05) is 12.1 Å². The Morgan fingerprint density at radius 2 is 1.89 bits per heavy atom. The van der Waals surface area contributed by atoms with Crippen molar-refractivity contribution >= 4 is 28.2 Å². The van der Waals surface area contributed by atoms with Crippen LogP contribution in [0.5, 0.6) is 0 Å². The Hall–Kier alpha value is -1.96. The average Bonchev–Trinajstić information content (AvgIpc) is 2.65. The van der Waals surface area contributed by atoms with Gasteiger partial charge in [0.25, 0.3) is 5.56 Å². The number of aliphatic hydroxyl groups is 1. The molecule has 1 heterocycles. The summed E-state index contributed by atoms with van der Waals surface area (Å²) in [6, 6.07) is 6.06. The number of benzene rings is 1. The Bertz CT molecular complexity index is 863. The number of rotatable bonds is 9. The predicted octanol–water partition coefficient (Wildman–Crippen LogP) is 2.16. The van der Waals surface area contributed by atoms with Crippen LogP contribution in [0, 0.1) is 13.8 Å². The molecule has 7 heteroatoms. The second-order valence-electron chi connectivity index (χ2n) is 7.50. The normalized spacial score (nSPS) is 11.2. The minimum atomic E-state index is -0.0920. The fourth-order valence-electron chi connectivity index (χ4n) is 3.16. The number of fused-ring (bicyclic) bond motifs is 1. The number of pyridine rings is 1. The van der Waals surface area contributed by atoms with Crippen molar-refractivity contribution in [3.05, 3.63) is 45.2 Å². The number of hydrogen-bond acceptors (Lipinski definition) is 4. The standard InChI is InChI=1S/C21H32N4O2S/c1-15-7-8-16(2)19-18(15)13-17(20(27)23-19)14-25(11-6-12-26)21(28)22-9-5-10-24(3)4/h7-8,13,26H,5-6,9-12,14H2,1-4H3,(H,22,28)(H,23,27). The molecule has 0 saturated carbocycles. The summed E-state index contributed by atoms with van der Waals surface area (Å²) in [4.78, 5) is 19.8. The Morgan fingerprint density at radius 1 is 1.18 bits per heavy atom. The van der Waals surface area contributed by atoms with Gasteiger partial charge < -0.3 is 25.2 Å². The summed E-state index contributed by atoms with van der Waals surface area (Å²) in [7, 11) is 4.09. The predicted molar refractivity (Wildman–Crippen MR) is 120 cm³/mol. The first-order valence-corrected chi connectivity index (χ1v) is 10.1. The maximum atomic E-state index is 12.7. The van der Waals surface area contributed by atoms with E-state index >= 15 is 0 Å². The Kier molecular flexibility index (Phi) is 8.41. The average molecular weight is 405 g/mol. The van der Waals surface area contributed by atoms with Crippen LogP contribution < -0.4 is 10.9 Å². The molecule has 0 aliphatic heterocycles. The van der Waals surface area contributed by atoms with E-state index in [1.165, 1.54) is 0 Å². The molecule has 0 radical (unpaired) electrons. The Balaban J connectivity index is 2.19. The number of aromatic amines is 1. The molecule has 6 nitrogen and oxygen atoms in total. The molecule has 0 aliphatic carbocycles. The molecule has 0 fully saturated rings. The van der Waals surface area contributed by atoms with Gasteiger partial charge in [0.2, 0.25) is 0 Å². The lowest BCUT2D eigenvalue weighted by atomic mass is 10.0. The van der Waals surface area contributed by atoms with Gasteiger partial charge in [0.1, 0.15) is 0 Å². The van der Waals surface area contributed by atoms with Crippen LogP contribution in [0.4, 0.5) is 0 Å². The number of aromatic nitrogens is 1. The molecule has 0 atom stereocenters. The van der Waals surface area contributed by atoms with Gasteiger partial charge in [-0.3, -0.25) is 4.79 Å². The summed E-state index contributed by atoms with van der Waals surface area (Å²) in [6.07, 6.45) is 1.58. The van der Waals surface area contributed by atoms with E-state index in [1.807, 2.05) is 45.0 Å². The van der Waals surface area contributed by atoms with E-state index in [-0.39, 0.29) is 12.2 Å². The summed E-state index contributed by atoms with van der Waals surface area (Å²) in [6.45, 7) is 6.90. The molecule has 0 unspecified atom stereocenters. The summed E-state index contributed by atoms with van der Waals surface area (Å²) in [5.41, 5.74) is 3.66. The number of hydrogen-bond donors (Lipinski definition) is 3. The van der Waals surface area contributed by atoms with E-state index in [0.29, 0.717) is 30.2 Å². The number of aryl methyl sites for hydroxylation is 2. The smallest absolute Gasteiger partial charge is 0.253 e. The molecule has 154 valence electrons. The number of nitrogens with zero attached hydrogens (tertiary/aromatic N) is 2. The molecule has 1 aromatic carbocycles. The lowest BCUT2D eigenvalue weighted by Gasteiger charge is -2.26. The summed E-state index contributed by atoms with van der Waals surface area (Å²) < 4.78 is 0. The van der Waals surface area contributed by atoms with Crippen LogP contribution >= 0.6 is 12.2 Å². The van der Waals surface area contributed by atoms with Gasteiger partial charge in [0.15, 0.2) is 5.11 Å². The quantitative estimate of drug-likeness (QED) is 0.439. The SMILES string of the molecule is Cc1ccc(C)c2[nH]c(=O)c(CN(CCCO)C(=S)NCCCN(C)C)cc12. The zero-order valence-electron chi connectivity index (χ0n) is 17.3. The van der Waals surface area contributed by atoms with Crippen molar-refractivity contribution in [1.29, 1.82) is 0 Å². The Labute approximate surface area is 172 Å². The second-order valence-corrected chi connectivity index (χ2v) is 7.89. The van der Waals surface area contributed by atoms with Crippen molar-refractivity contribution in [2.45, 2.75) is 33.2 Å². The highest BCUT2D eigenvalue weighted by Crippen LogP contribution is 2.20. The van der Waals surface area contributed by atoms with Crippen molar-refractivity contribution in [3.8, 4) is 0 Å². The van der Waals surface area contributed by atoms with Crippen LogP contribution in [0.25, 0.3) is 10.9 Å². The van der Waals surface area contributed by atoms with E-state index in [0.717, 1.165) is 41.5 Å². The molecule has 2 rings (SSSR count). The van der Waals surface area contributed by atoms with E-state index < -0.39 is 0 Å². The molecule has 0 bridgehead atoms. The zero-order chi connectivity index (χ0) is 20.7. The van der Waals surface area contributed by atoms with Crippen LogP contribution in [0.15, 0.2) is 23.0 Å². The molecule has 0 saturated heterocycles. The highest BCUT2D eigenvalue weighted by molar-refractivity contribution is 7.80. The van der Waals surface area contributed by atoms with Crippen LogP contribution in [-0.2, 0) is 6.54 Å². The second kappa shape index (κ2) is 10.5. The molecule has 28 heavy (non-hydrogen) atoms. The minimum Gasteiger partial charge on any atom is -0.396 e. The summed E-state index contributed by atoms with van der Waals surface area (Å²) in [5, 5.41) is 14.2. The largest absolute Gasteiger partial charge is 0.396 e. The molecule has 2 aromatic rings. The van der Waals surface area contributed by atoms with E-state index in [9.17, 15) is 9.90 Å². The monoisotopic (exact) mass is 404 g/mol. The van der Waals surface area contributed by atoms with Crippen LogP contribution in [-0.4, -0.2) is 65.3 Å². The third-order valence-corrected chi connectivity index (χ3v) is 5.22. The van der Waals surface area contributed by atoms with Crippen LogP contribution in [0.2, 0.25) is 0 Å². The lowest BCUT2D eigenvalue weighted by molar-refractivity contribution is 0.264. The Morgan fingerprint density at radius 3 is 2.57 bits per heavy atom. The fraction of sp³-hybridized carbons (Fsp3) is 0.524. The fourth-order valence-corrected chi connectivity index (χ4v) is 3.42. The maximum Gasteiger partial charge on any atom is 0.253 e. The first-order chi connectivity index (χ1) is 13.3. The lowest BCUT2D eigenvalue weighted by Crippen LogP contribution is -2.41. The van der Waals surface area contributed by atoms with E-state index in [4.69, 9.17) is 12.2 Å². The third kappa shape index (κ3) is 6.02. The van der Waals surface area contributed by atoms with Crippen molar-refractivity contribution in [2.24, 2.45) is 0 Å². The molecule has 1 aromatic heterocycles. The van der Waals surface area contributed by atoms with Gasteiger partial charge in [-0.05, 0) is 76.7 Å². The number of nitrogens with one attached hydrogen (secondary N) is 2. The first kappa shape index (κ1) is 22.3. The van der Waals surface area contributed by atoms with Crippen molar-refractivity contribution in [1.82, 2.24) is 20.1 Å². The number of H-pyrrole nitrogens is 1. The minimum absolute atomic E-state index is 0.0894. The molecule has 0 amide bonds. The van der Waals surface area contributed by atoms with E-state index in [2.05, 4.69) is 21.3 Å². The molecule has 0 aliphatic rings. The molecule has 3 N–H and O–H groups in total.